The van der Waals surface area contributed by atoms with Crippen LogP contribution in [0, 0.1) is 5.92 Å². The number of rotatable bonds is 4. The van der Waals surface area contributed by atoms with Crippen molar-refractivity contribution in [3.8, 4) is 0 Å². The monoisotopic (exact) mass is 170 g/mol. The molecule has 12 heavy (non-hydrogen) atoms. The van der Waals surface area contributed by atoms with E-state index in [1.54, 1.807) is 0 Å². The van der Waals surface area contributed by atoms with Crippen molar-refractivity contribution in [2.75, 3.05) is 20.6 Å². The number of nitrogens with zero attached hydrogens (tertiary/aromatic N) is 2. The second-order valence-electron chi connectivity index (χ2n) is 3.24. The molecule has 2 nitrogen and oxygen atoms in total. The number of hydrogen-bond acceptors (Lipinski definition) is 1. The zero-order chi connectivity index (χ0) is 9.56. The van der Waals surface area contributed by atoms with Crippen molar-refractivity contribution in [2.24, 2.45) is 10.9 Å². The minimum absolute atomic E-state index is 0.639. The van der Waals surface area contributed by atoms with E-state index >= 15 is 0 Å². The highest BCUT2D eigenvalue weighted by Crippen LogP contribution is 2.11. The van der Waals surface area contributed by atoms with Gasteiger partial charge in [-0.15, -0.1) is 0 Å². The number of aliphatic imine (C=N–C) groups is 1. The molecule has 0 radical (unpaired) electrons. The molecular weight excluding hydrogens is 148 g/mol. The molecule has 0 aliphatic rings. The van der Waals surface area contributed by atoms with Gasteiger partial charge < -0.3 is 4.90 Å². The third kappa shape index (κ3) is 3.24. The van der Waals surface area contributed by atoms with Crippen molar-refractivity contribution in [1.29, 1.82) is 0 Å². The summed E-state index contributed by atoms with van der Waals surface area (Å²) in [5.74, 6) is 1.89. The quantitative estimate of drug-likeness (QED) is 0.467. The fourth-order valence-electron chi connectivity index (χ4n) is 1.45. The van der Waals surface area contributed by atoms with Gasteiger partial charge in [0.05, 0.1) is 0 Å². The van der Waals surface area contributed by atoms with E-state index in [0.29, 0.717) is 5.92 Å². The molecule has 2 heteroatoms. The molecule has 0 N–H and O–H groups in total. The zero-order valence-electron chi connectivity index (χ0n) is 9.09. The first-order valence-electron chi connectivity index (χ1n) is 4.88. The van der Waals surface area contributed by atoms with Crippen LogP contribution < -0.4 is 0 Å². The van der Waals surface area contributed by atoms with E-state index in [4.69, 9.17) is 0 Å². The molecule has 0 fully saturated rings. The van der Waals surface area contributed by atoms with Crippen LogP contribution in [0.1, 0.15) is 33.6 Å². The molecule has 0 saturated heterocycles. The highest BCUT2D eigenvalue weighted by atomic mass is 15.1. The van der Waals surface area contributed by atoms with Gasteiger partial charge in [0.15, 0.2) is 0 Å². The highest BCUT2D eigenvalue weighted by molar-refractivity contribution is 5.84. The van der Waals surface area contributed by atoms with Crippen LogP contribution in [0.2, 0.25) is 0 Å². The van der Waals surface area contributed by atoms with E-state index in [1.807, 2.05) is 0 Å². The first-order valence-corrected chi connectivity index (χ1v) is 4.88. The second kappa shape index (κ2) is 6.04. The average Bonchev–Trinajstić information content (AvgIpc) is 2.05. The van der Waals surface area contributed by atoms with Crippen molar-refractivity contribution in [2.45, 2.75) is 33.6 Å². The van der Waals surface area contributed by atoms with Gasteiger partial charge in [-0.3, -0.25) is 4.99 Å². The predicted molar refractivity (Wildman–Crippen MR) is 55.7 cm³/mol. The van der Waals surface area contributed by atoms with Crippen LogP contribution in [0.5, 0.6) is 0 Å². The normalized spacial score (nSPS) is 12.3. The van der Waals surface area contributed by atoms with Crippen molar-refractivity contribution in [3.63, 3.8) is 0 Å². The summed E-state index contributed by atoms with van der Waals surface area (Å²) in [6.07, 6.45) is 2.38. The number of amidine groups is 1. The molecule has 0 heterocycles. The lowest BCUT2D eigenvalue weighted by molar-refractivity contribution is 0.519. The molecule has 0 amide bonds. The predicted octanol–water partition coefficient (Wildman–Crippen LogP) is 2.40. The van der Waals surface area contributed by atoms with E-state index < -0.39 is 0 Å². The smallest absolute Gasteiger partial charge is 0.101 e. The van der Waals surface area contributed by atoms with Gasteiger partial charge in [0.2, 0.25) is 0 Å². The minimum atomic E-state index is 0.639. The first-order chi connectivity index (χ1) is 5.67. The van der Waals surface area contributed by atoms with Gasteiger partial charge in [-0.2, -0.15) is 0 Å². The molecular formula is C10H22N2. The van der Waals surface area contributed by atoms with Gasteiger partial charge in [0.1, 0.15) is 5.84 Å². The summed E-state index contributed by atoms with van der Waals surface area (Å²) in [7, 11) is 4.15. The van der Waals surface area contributed by atoms with E-state index in [9.17, 15) is 0 Å². The topological polar surface area (TPSA) is 15.6 Å². The summed E-state index contributed by atoms with van der Waals surface area (Å²) in [6, 6.07) is 0. The first kappa shape index (κ1) is 11.5. The summed E-state index contributed by atoms with van der Waals surface area (Å²) in [6.45, 7) is 7.43. The average molecular weight is 170 g/mol. The summed E-state index contributed by atoms with van der Waals surface area (Å²) in [5.41, 5.74) is 0. The summed E-state index contributed by atoms with van der Waals surface area (Å²) < 4.78 is 0. The summed E-state index contributed by atoms with van der Waals surface area (Å²) in [5, 5.41) is 0. The standard InChI is InChI=1S/C10H22N2/c1-6-9(7-2)10(11-8-3)12(4)5/h9H,6-8H2,1-5H3. The van der Waals surface area contributed by atoms with Gasteiger partial charge in [-0.05, 0) is 19.8 Å². The van der Waals surface area contributed by atoms with Crippen molar-refractivity contribution in [3.05, 3.63) is 0 Å². The fraction of sp³-hybridized carbons (Fsp3) is 0.900. The van der Waals surface area contributed by atoms with Gasteiger partial charge in [-0.25, -0.2) is 0 Å². The lowest BCUT2D eigenvalue weighted by Crippen LogP contribution is -2.29. The lowest BCUT2D eigenvalue weighted by atomic mass is 10.0. The molecule has 0 atom stereocenters. The van der Waals surface area contributed by atoms with Crippen LogP contribution in [-0.2, 0) is 0 Å². The molecule has 0 aliphatic carbocycles. The van der Waals surface area contributed by atoms with Crippen LogP contribution in [-0.4, -0.2) is 31.4 Å². The van der Waals surface area contributed by atoms with Gasteiger partial charge in [0.25, 0.3) is 0 Å². The molecule has 0 aromatic heterocycles. The lowest BCUT2D eigenvalue weighted by Gasteiger charge is -2.22. The summed E-state index contributed by atoms with van der Waals surface area (Å²) >= 11 is 0. The molecule has 72 valence electrons. The maximum atomic E-state index is 4.51. The molecule has 0 saturated carbocycles. The SMILES string of the molecule is CCN=C(C(CC)CC)N(C)C. The molecule has 0 aromatic carbocycles. The Morgan fingerprint density at radius 3 is 1.92 bits per heavy atom. The van der Waals surface area contributed by atoms with Crippen LogP contribution in [0.15, 0.2) is 4.99 Å². The Bertz CT molecular complexity index is 135. The molecule has 0 aromatic rings. The Morgan fingerprint density at radius 2 is 1.67 bits per heavy atom. The molecule has 0 spiro atoms. The molecule has 0 unspecified atom stereocenters. The van der Waals surface area contributed by atoms with Crippen LogP contribution >= 0.6 is 0 Å². The van der Waals surface area contributed by atoms with Crippen LogP contribution in [0.25, 0.3) is 0 Å². The van der Waals surface area contributed by atoms with Crippen LogP contribution in [0.4, 0.5) is 0 Å². The minimum Gasteiger partial charge on any atom is -0.366 e. The van der Waals surface area contributed by atoms with Gasteiger partial charge in [0, 0.05) is 26.6 Å². The van der Waals surface area contributed by atoms with E-state index in [2.05, 4.69) is 44.8 Å². The van der Waals surface area contributed by atoms with Crippen molar-refractivity contribution >= 4 is 5.84 Å². The van der Waals surface area contributed by atoms with Crippen molar-refractivity contribution in [1.82, 2.24) is 4.90 Å². The third-order valence-corrected chi connectivity index (χ3v) is 2.13. The maximum Gasteiger partial charge on any atom is 0.101 e. The highest BCUT2D eigenvalue weighted by Gasteiger charge is 2.12. The largest absolute Gasteiger partial charge is 0.366 e. The summed E-state index contributed by atoms with van der Waals surface area (Å²) in [4.78, 5) is 6.65. The maximum absolute atomic E-state index is 4.51. The zero-order valence-corrected chi connectivity index (χ0v) is 9.09. The Balaban J connectivity index is 4.37. The second-order valence-corrected chi connectivity index (χ2v) is 3.24. The third-order valence-electron chi connectivity index (χ3n) is 2.13. The molecule has 0 rings (SSSR count). The molecule has 0 bridgehead atoms. The van der Waals surface area contributed by atoms with Crippen LogP contribution in [0.3, 0.4) is 0 Å². The Morgan fingerprint density at radius 1 is 1.17 bits per heavy atom. The Hall–Kier alpha value is -0.530. The van der Waals surface area contributed by atoms with Crippen molar-refractivity contribution < 1.29 is 0 Å². The van der Waals surface area contributed by atoms with Gasteiger partial charge in [-0.1, -0.05) is 13.8 Å². The van der Waals surface area contributed by atoms with Gasteiger partial charge >= 0.3 is 0 Å². The Kier molecular flexibility index (Phi) is 5.77. The van der Waals surface area contributed by atoms with E-state index in [-0.39, 0.29) is 0 Å². The Labute approximate surface area is 76.7 Å². The van der Waals surface area contributed by atoms with E-state index in [0.717, 1.165) is 6.54 Å². The van der Waals surface area contributed by atoms with E-state index in [1.165, 1.54) is 18.7 Å². The number of hydrogen-bond donors (Lipinski definition) is 0. The molecule has 0 aliphatic heterocycles. The fourth-order valence-corrected chi connectivity index (χ4v) is 1.45.